The summed E-state index contributed by atoms with van der Waals surface area (Å²) in [5, 5.41) is 10.0. The van der Waals surface area contributed by atoms with Crippen LogP contribution < -0.4 is 16.0 Å². The van der Waals surface area contributed by atoms with E-state index in [1.54, 1.807) is 24.3 Å². The minimum Gasteiger partial charge on any atom is -0.354 e. The SMILES string of the molecule is CCN(CC)Cc1ccc(NC(=C2C(=O)Nc3ccc(C(=O)NCc4cccc(Cl)c4)cc32)c2ccccc2)cc1. The van der Waals surface area contributed by atoms with Crippen molar-refractivity contribution in [2.24, 2.45) is 0 Å². The zero-order valence-corrected chi connectivity index (χ0v) is 24.0. The van der Waals surface area contributed by atoms with Crippen LogP contribution in [0.5, 0.6) is 0 Å². The van der Waals surface area contributed by atoms with Crippen molar-refractivity contribution in [3.05, 3.63) is 130 Å². The number of carbonyl (C=O) groups excluding carboxylic acids is 2. The number of hydrogen-bond acceptors (Lipinski definition) is 4. The summed E-state index contributed by atoms with van der Waals surface area (Å²) >= 11 is 6.08. The van der Waals surface area contributed by atoms with Crippen LogP contribution >= 0.6 is 11.6 Å². The van der Waals surface area contributed by atoms with Crippen molar-refractivity contribution >= 4 is 46.1 Å². The Bertz CT molecular complexity index is 1580. The molecule has 0 spiro atoms. The predicted molar refractivity (Wildman–Crippen MR) is 168 cm³/mol. The number of nitrogens with one attached hydrogen (secondary N) is 3. The van der Waals surface area contributed by atoms with E-state index in [0.29, 0.717) is 39.7 Å². The van der Waals surface area contributed by atoms with Gasteiger partial charge in [0.1, 0.15) is 0 Å². The van der Waals surface area contributed by atoms with Gasteiger partial charge < -0.3 is 16.0 Å². The fourth-order valence-corrected chi connectivity index (χ4v) is 5.13. The topological polar surface area (TPSA) is 73.5 Å². The van der Waals surface area contributed by atoms with Gasteiger partial charge in [-0.3, -0.25) is 14.5 Å². The van der Waals surface area contributed by atoms with Gasteiger partial charge in [0.2, 0.25) is 0 Å². The molecule has 0 atom stereocenters. The highest BCUT2D eigenvalue weighted by atomic mass is 35.5. The molecule has 41 heavy (non-hydrogen) atoms. The van der Waals surface area contributed by atoms with E-state index >= 15 is 0 Å². The van der Waals surface area contributed by atoms with Crippen molar-refractivity contribution in [1.82, 2.24) is 10.2 Å². The second-order valence-electron chi connectivity index (χ2n) is 9.93. The molecule has 4 aromatic carbocycles. The smallest absolute Gasteiger partial charge is 0.258 e. The third-order valence-corrected chi connectivity index (χ3v) is 7.44. The van der Waals surface area contributed by atoms with Crippen LogP contribution in [0.15, 0.2) is 97.1 Å². The lowest BCUT2D eigenvalue weighted by Gasteiger charge is -2.19. The Morgan fingerprint density at radius 1 is 0.829 bits per heavy atom. The molecule has 4 aromatic rings. The summed E-state index contributed by atoms with van der Waals surface area (Å²) in [4.78, 5) is 28.8. The standard InChI is InChI=1S/C34H33ClN4O2/c1-3-39(4-2)22-23-13-16-28(17-14-23)37-32(25-10-6-5-7-11-25)31-29-20-26(15-18-30(29)38-34(31)41)33(40)36-21-24-9-8-12-27(35)19-24/h5-20,37H,3-4,21-22H2,1-2H3,(H,36,40)(H,38,41). The summed E-state index contributed by atoms with van der Waals surface area (Å²) in [6.45, 7) is 7.55. The summed E-state index contributed by atoms with van der Waals surface area (Å²) in [6, 6.07) is 30.7. The van der Waals surface area contributed by atoms with Crippen LogP contribution in [0, 0.1) is 0 Å². The lowest BCUT2D eigenvalue weighted by molar-refractivity contribution is -0.110. The highest BCUT2D eigenvalue weighted by molar-refractivity contribution is 6.37. The molecule has 208 valence electrons. The van der Waals surface area contributed by atoms with E-state index in [4.69, 9.17) is 11.6 Å². The highest BCUT2D eigenvalue weighted by Crippen LogP contribution is 2.38. The molecule has 0 saturated carbocycles. The molecule has 0 saturated heterocycles. The minimum atomic E-state index is -0.232. The van der Waals surface area contributed by atoms with Crippen molar-refractivity contribution in [2.75, 3.05) is 23.7 Å². The number of benzene rings is 4. The van der Waals surface area contributed by atoms with Gasteiger partial charge >= 0.3 is 0 Å². The van der Waals surface area contributed by atoms with Crippen LogP contribution in [0.25, 0.3) is 11.3 Å². The van der Waals surface area contributed by atoms with Gasteiger partial charge in [0.25, 0.3) is 11.8 Å². The van der Waals surface area contributed by atoms with Gasteiger partial charge in [0.05, 0.1) is 11.3 Å². The van der Waals surface area contributed by atoms with Crippen molar-refractivity contribution < 1.29 is 9.59 Å². The van der Waals surface area contributed by atoms with E-state index in [9.17, 15) is 9.59 Å². The summed E-state index contributed by atoms with van der Waals surface area (Å²) in [6.07, 6.45) is 0. The summed E-state index contributed by atoms with van der Waals surface area (Å²) in [5.74, 6) is -0.453. The van der Waals surface area contributed by atoms with Gasteiger partial charge in [-0.05, 0) is 72.2 Å². The number of amides is 2. The minimum absolute atomic E-state index is 0.221. The maximum atomic E-state index is 13.4. The first-order chi connectivity index (χ1) is 19.9. The second-order valence-corrected chi connectivity index (χ2v) is 10.4. The Morgan fingerprint density at radius 3 is 2.29 bits per heavy atom. The predicted octanol–water partition coefficient (Wildman–Crippen LogP) is 7.04. The molecule has 0 fully saturated rings. The molecule has 1 aliphatic rings. The summed E-state index contributed by atoms with van der Waals surface area (Å²) < 4.78 is 0. The first-order valence-electron chi connectivity index (χ1n) is 13.8. The molecular weight excluding hydrogens is 532 g/mol. The Balaban J connectivity index is 1.46. The molecule has 7 heteroatoms. The summed E-state index contributed by atoms with van der Waals surface area (Å²) in [5.41, 5.74) is 6.85. The fourth-order valence-electron chi connectivity index (χ4n) is 4.92. The molecule has 0 aromatic heterocycles. The highest BCUT2D eigenvalue weighted by Gasteiger charge is 2.29. The number of anilines is 2. The van der Waals surface area contributed by atoms with Crippen molar-refractivity contribution in [1.29, 1.82) is 0 Å². The van der Waals surface area contributed by atoms with Crippen LogP contribution in [0.1, 0.15) is 46.5 Å². The van der Waals surface area contributed by atoms with Gasteiger partial charge in [-0.1, -0.05) is 80.0 Å². The molecular formula is C34H33ClN4O2. The maximum Gasteiger partial charge on any atom is 0.258 e. The molecule has 6 nitrogen and oxygen atoms in total. The van der Waals surface area contributed by atoms with Gasteiger partial charge in [-0.25, -0.2) is 0 Å². The molecule has 5 rings (SSSR count). The number of halogens is 1. The van der Waals surface area contributed by atoms with E-state index in [1.807, 2.05) is 60.7 Å². The average molecular weight is 565 g/mol. The number of hydrogen-bond donors (Lipinski definition) is 3. The number of carbonyl (C=O) groups is 2. The zero-order valence-electron chi connectivity index (χ0n) is 23.2. The monoisotopic (exact) mass is 564 g/mol. The molecule has 0 aliphatic carbocycles. The van der Waals surface area contributed by atoms with Gasteiger partial charge in [0, 0.05) is 40.6 Å². The number of rotatable bonds is 10. The van der Waals surface area contributed by atoms with E-state index in [2.05, 4.69) is 46.8 Å². The van der Waals surface area contributed by atoms with E-state index in [-0.39, 0.29) is 11.8 Å². The Kier molecular flexibility index (Phi) is 8.82. The number of nitrogens with zero attached hydrogens (tertiary/aromatic N) is 1. The van der Waals surface area contributed by atoms with Crippen molar-refractivity contribution in [3.8, 4) is 0 Å². The lowest BCUT2D eigenvalue weighted by Crippen LogP contribution is -2.22. The Morgan fingerprint density at radius 2 is 1.59 bits per heavy atom. The average Bonchev–Trinajstić information content (AvgIpc) is 3.33. The molecule has 2 amide bonds. The third-order valence-electron chi connectivity index (χ3n) is 7.20. The Labute approximate surface area is 246 Å². The van der Waals surface area contributed by atoms with Crippen LogP contribution in [0.2, 0.25) is 5.02 Å². The first kappa shape index (κ1) is 28.1. The summed E-state index contributed by atoms with van der Waals surface area (Å²) in [7, 11) is 0. The fraction of sp³-hybridized carbons (Fsp3) is 0.176. The van der Waals surface area contributed by atoms with Gasteiger partial charge in [-0.2, -0.15) is 0 Å². The molecule has 0 unspecified atom stereocenters. The normalized spacial score (nSPS) is 13.5. The molecule has 1 heterocycles. The van der Waals surface area contributed by atoms with Crippen molar-refractivity contribution in [2.45, 2.75) is 26.9 Å². The molecule has 1 aliphatic heterocycles. The van der Waals surface area contributed by atoms with Crippen LogP contribution in [-0.4, -0.2) is 29.8 Å². The maximum absolute atomic E-state index is 13.4. The van der Waals surface area contributed by atoms with Crippen LogP contribution in [-0.2, 0) is 17.9 Å². The lowest BCUT2D eigenvalue weighted by atomic mass is 9.98. The first-order valence-corrected chi connectivity index (χ1v) is 14.2. The molecule has 0 radical (unpaired) electrons. The van der Waals surface area contributed by atoms with Crippen molar-refractivity contribution in [3.63, 3.8) is 0 Å². The van der Waals surface area contributed by atoms with E-state index < -0.39 is 0 Å². The number of fused-ring (bicyclic) bond motifs is 1. The van der Waals surface area contributed by atoms with Gasteiger partial charge in [0.15, 0.2) is 0 Å². The van der Waals surface area contributed by atoms with E-state index in [0.717, 1.165) is 36.4 Å². The Hall–Kier alpha value is -4.39. The third kappa shape index (κ3) is 6.68. The second kappa shape index (κ2) is 12.9. The van der Waals surface area contributed by atoms with E-state index in [1.165, 1.54) is 5.56 Å². The zero-order chi connectivity index (χ0) is 28.8. The molecule has 0 bridgehead atoms. The largest absolute Gasteiger partial charge is 0.354 e. The van der Waals surface area contributed by atoms with Gasteiger partial charge in [-0.15, -0.1) is 0 Å². The van der Waals surface area contributed by atoms with Crippen LogP contribution in [0.3, 0.4) is 0 Å². The quantitative estimate of drug-likeness (QED) is 0.181. The molecule has 3 N–H and O–H groups in total. The van der Waals surface area contributed by atoms with Crippen LogP contribution in [0.4, 0.5) is 11.4 Å².